The Bertz CT molecular complexity index is 2860. The zero-order valence-corrected chi connectivity index (χ0v) is 44.4. The van der Waals surface area contributed by atoms with E-state index in [9.17, 15) is 65.4 Å². The number of para-hydroxylation sites is 2. The van der Waals surface area contributed by atoms with Gasteiger partial charge in [0.15, 0.2) is 0 Å². The maximum atomic E-state index is 14.1. The maximum Gasteiger partial charge on any atom is 0.334 e. The van der Waals surface area contributed by atoms with Crippen LogP contribution >= 0.6 is 0 Å². The molecular weight excluding hydrogens is 1050 g/mol. The molecule has 0 saturated heterocycles. The van der Waals surface area contributed by atoms with Gasteiger partial charge in [-0.3, -0.25) is 28.8 Å². The lowest BCUT2D eigenvalue weighted by Gasteiger charge is -2.22. The zero-order chi connectivity index (χ0) is 58.0. The molecule has 0 bridgehead atoms. The van der Waals surface area contributed by atoms with Crippen LogP contribution in [0.1, 0.15) is 149 Å². The van der Waals surface area contributed by atoms with Crippen LogP contribution in [0.25, 0.3) is 21.8 Å². The van der Waals surface area contributed by atoms with Gasteiger partial charge >= 0.3 is 11.9 Å². The van der Waals surface area contributed by atoms with Gasteiger partial charge in [0.2, 0.25) is 70.3 Å². The molecule has 0 saturated carbocycles. The van der Waals surface area contributed by atoms with Crippen molar-refractivity contribution < 1.29 is 71.6 Å². The van der Waals surface area contributed by atoms with Crippen molar-refractivity contribution in [3.63, 3.8) is 0 Å². The summed E-state index contributed by atoms with van der Waals surface area (Å²) in [6.07, 6.45) is 16.6. The summed E-state index contributed by atoms with van der Waals surface area (Å²) in [5.41, 5.74) is 13.4. The minimum absolute atomic E-state index is 0. The van der Waals surface area contributed by atoms with Crippen LogP contribution < -0.4 is 37.5 Å². The number of halogens is 5. The van der Waals surface area contributed by atoms with E-state index in [0.29, 0.717) is 12.0 Å². The molecule has 11 N–H and O–H groups in total. The molecule has 5 aromatic rings. The van der Waals surface area contributed by atoms with Gasteiger partial charge in [-0.15, -0.1) is 0 Å². The van der Waals surface area contributed by atoms with Gasteiger partial charge in [-0.1, -0.05) is 135 Å². The second-order valence-corrected chi connectivity index (χ2v) is 19.2. The fourth-order valence-electron chi connectivity index (χ4n) is 8.66. The van der Waals surface area contributed by atoms with E-state index < -0.39 is 113 Å². The molecule has 0 aliphatic carbocycles. The number of nitrogens with two attached hydrogens (primary N) is 2. The number of carboxylic acids is 1. The highest BCUT2D eigenvalue weighted by Crippen LogP contribution is 2.30. The Morgan fingerprint density at radius 3 is 1.29 bits per heavy atom. The Hall–Kier alpha value is -7.85. The number of aromatic nitrogens is 2. The van der Waals surface area contributed by atoms with Crippen LogP contribution in [-0.4, -0.2) is 86.6 Å². The normalized spacial score (nSPS) is 12.4. The number of fused-ring (bicyclic) bond motifs is 2. The summed E-state index contributed by atoms with van der Waals surface area (Å²) in [7, 11) is 0. The molecule has 80 heavy (non-hydrogen) atoms. The molecule has 0 fully saturated rings. The molecule has 0 unspecified atom stereocenters. The fourth-order valence-corrected chi connectivity index (χ4v) is 8.66. The van der Waals surface area contributed by atoms with Gasteiger partial charge in [-0.2, -0.15) is 8.78 Å². The lowest BCUT2D eigenvalue weighted by Crippen LogP contribution is -2.54. The second kappa shape index (κ2) is 34.2. The summed E-state index contributed by atoms with van der Waals surface area (Å²) in [4.78, 5) is 105. The number of unbranched alkanes of at least 4 members (excludes halogenated alkanes) is 12. The molecule has 5 rings (SSSR count). The number of primary amides is 2. The van der Waals surface area contributed by atoms with Crippen molar-refractivity contribution in [2.24, 2.45) is 11.5 Å². The number of carbonyl (C=O) groups is 8. The number of aromatic amines is 2. The topological polar surface area (TPSA) is 298 Å². The van der Waals surface area contributed by atoms with Crippen LogP contribution in [0.15, 0.2) is 60.9 Å². The molecule has 4 atom stereocenters. The van der Waals surface area contributed by atoms with Crippen molar-refractivity contribution in [2.45, 2.75) is 174 Å². The third-order valence-electron chi connectivity index (χ3n) is 12.9. The number of H-pyrrole nitrogens is 2. The average Bonchev–Trinajstić information content (AvgIpc) is 4.03. The van der Waals surface area contributed by atoms with Gasteiger partial charge in [-0.05, 0) is 36.1 Å². The molecule has 18 nitrogen and oxygen atoms in total. The van der Waals surface area contributed by atoms with E-state index in [0.717, 1.165) is 91.6 Å². The molecule has 23 heteroatoms. The minimum atomic E-state index is -2.47. The van der Waals surface area contributed by atoms with Gasteiger partial charge < -0.3 is 52.5 Å². The van der Waals surface area contributed by atoms with E-state index in [1.165, 1.54) is 19.3 Å². The van der Waals surface area contributed by atoms with Crippen molar-refractivity contribution in [1.29, 1.82) is 0 Å². The highest BCUT2D eigenvalue weighted by Gasteiger charge is 2.34. The molecule has 2 heterocycles. The average molecular weight is 1130 g/mol. The first-order chi connectivity index (χ1) is 37.7. The third-order valence-corrected chi connectivity index (χ3v) is 12.9. The van der Waals surface area contributed by atoms with Crippen molar-refractivity contribution >= 4 is 69.2 Å². The Kier molecular flexibility index (Phi) is 28.4. The summed E-state index contributed by atoms with van der Waals surface area (Å²) in [6.45, 7) is 4.28. The number of hydrogen-bond donors (Lipinski definition) is 9. The molecule has 6 amide bonds. The molecule has 3 aromatic carbocycles. The number of nitrogens with one attached hydrogen (secondary N) is 6. The molecule has 0 spiro atoms. The van der Waals surface area contributed by atoms with Crippen molar-refractivity contribution in [3.8, 4) is 5.75 Å². The van der Waals surface area contributed by atoms with E-state index in [-0.39, 0.29) is 40.4 Å². The lowest BCUT2D eigenvalue weighted by molar-refractivity contribution is -0.143. The van der Waals surface area contributed by atoms with Crippen molar-refractivity contribution in [1.82, 2.24) is 31.2 Å². The number of aliphatic carboxylic acids is 1. The summed E-state index contributed by atoms with van der Waals surface area (Å²) in [5.74, 6) is -21.5. The first-order valence-corrected chi connectivity index (χ1v) is 26.6. The van der Waals surface area contributed by atoms with Crippen LogP contribution in [0.5, 0.6) is 5.75 Å². The number of esters is 1. The first kappa shape index (κ1) is 66.4. The summed E-state index contributed by atoms with van der Waals surface area (Å²) >= 11 is 0. The highest BCUT2D eigenvalue weighted by molar-refractivity contribution is 5.95. The summed E-state index contributed by atoms with van der Waals surface area (Å²) in [5, 5.41) is 20.9. The Morgan fingerprint density at radius 1 is 0.525 bits per heavy atom. The standard InChI is InChI=1S/C31H35F5N4O5.C25H36N4O5.CH4.H2/c1-2-3-4-5-6-7-8-13-23(42)39-20(14-17-16-38-19-12-10-9-11-18(17)19)30(43)40-21(15-22(37)41)31(44)45-29-27(35)25(33)24(32)26(34)28(29)36;1-2-3-4-5-6-7-8-13-23(31)28-20(24(32)29-21(25(33)34)15-22(26)30)14-17-16-27-19-12-10-9-11-18(17)19;;/h9-12,16,20-21,38H,2-8,13-15H2,1H3,(H2,37,41)(H,39,42)(H,40,43);9-12,16,20-21,27H,2-8,13-15H2,1H3,(H2,26,30)(H,28,31)(H,29,32)(H,33,34);1H4;1H/t2*20-,21-;;/m00../s1/i;;;1+1. The van der Waals surface area contributed by atoms with E-state index in [2.05, 4.69) is 49.8 Å². The van der Waals surface area contributed by atoms with Gasteiger partial charge in [-0.25, -0.2) is 22.8 Å². The predicted molar refractivity (Wildman–Crippen MR) is 293 cm³/mol. The van der Waals surface area contributed by atoms with Gasteiger partial charge in [0.05, 0.1) is 12.8 Å². The van der Waals surface area contributed by atoms with Gasteiger partial charge in [0.1, 0.15) is 24.2 Å². The van der Waals surface area contributed by atoms with E-state index in [1.54, 1.807) is 36.7 Å². The Balaban J connectivity index is 0.000000560. The number of benzene rings is 3. The van der Waals surface area contributed by atoms with E-state index >= 15 is 0 Å². The van der Waals surface area contributed by atoms with Crippen LogP contribution in [0.4, 0.5) is 22.0 Å². The Morgan fingerprint density at radius 2 is 0.887 bits per heavy atom. The fraction of sp³-hybridized carbons (Fsp3) is 0.474. The maximum absolute atomic E-state index is 14.1. The smallest absolute Gasteiger partial charge is 0.334 e. The van der Waals surface area contributed by atoms with Crippen LogP contribution in [-0.2, 0) is 51.2 Å². The largest absolute Gasteiger partial charge is 0.480 e. The lowest BCUT2D eigenvalue weighted by atomic mass is 10.0. The number of carbonyl (C=O) groups excluding carboxylic acids is 7. The number of carboxylic acid groups (broad SMARTS) is 1. The predicted octanol–water partition coefficient (Wildman–Crippen LogP) is 8.66. The van der Waals surface area contributed by atoms with E-state index in [4.69, 9.17) is 11.5 Å². The summed E-state index contributed by atoms with van der Waals surface area (Å²) < 4.78 is 73.4. The molecule has 0 aliphatic rings. The van der Waals surface area contributed by atoms with Crippen LogP contribution in [0.2, 0.25) is 0 Å². The van der Waals surface area contributed by atoms with Crippen molar-refractivity contribution in [2.75, 3.05) is 0 Å². The van der Waals surface area contributed by atoms with Gasteiger partial charge in [0.25, 0.3) is 0 Å². The molecule has 440 valence electrons. The van der Waals surface area contributed by atoms with E-state index in [1.807, 2.05) is 24.3 Å². The zero-order valence-electron chi connectivity index (χ0n) is 44.4. The second-order valence-electron chi connectivity index (χ2n) is 19.2. The number of amides is 6. The first-order valence-electron chi connectivity index (χ1n) is 26.6. The SMILES string of the molecule is C.CCCCCCCCCC(=O)N[C@@H](Cc1c[nH]c2ccccc12)C(=O)N[C@@H](CC(N)=O)C(=O)O.CCCCCCCCCC(=O)N[C@@H](Cc1c[nH]c2ccccc12)C(=O)N[C@@H](CC(N)=O)C(=O)Oc1c(F)c(F)c(F)c(F)c1F.[2HH]. The minimum Gasteiger partial charge on any atom is -0.480 e. The van der Waals surface area contributed by atoms with Crippen LogP contribution in [0.3, 0.4) is 0 Å². The van der Waals surface area contributed by atoms with Gasteiger partial charge in [0, 0.05) is 61.3 Å². The Labute approximate surface area is 463 Å². The van der Waals surface area contributed by atoms with Crippen molar-refractivity contribution in [3.05, 3.63) is 101 Å². The quantitative estimate of drug-likeness (QED) is 0.00481. The number of hydrogen-bond acceptors (Lipinski definition) is 9. The third kappa shape index (κ3) is 21.1. The molecule has 2 aromatic heterocycles. The summed E-state index contributed by atoms with van der Waals surface area (Å²) in [6, 6.07) is 8.95. The molecule has 0 aliphatic heterocycles. The number of ether oxygens (including phenoxy) is 1. The number of rotatable bonds is 33. The monoisotopic (exact) mass is 1130 g/mol. The highest BCUT2D eigenvalue weighted by atomic mass is 19.2. The van der Waals surface area contributed by atoms with Crippen LogP contribution in [0, 0.1) is 29.1 Å². The molecule has 0 radical (unpaired) electrons. The molecular formula is C57H77F5N8O10.